The molecule has 2 rings (SSSR count). The molecule has 1 saturated carbocycles. The molecule has 5 heteroatoms. The summed E-state index contributed by atoms with van der Waals surface area (Å²) >= 11 is 0. The number of rotatable bonds is 7. The summed E-state index contributed by atoms with van der Waals surface area (Å²) in [5.41, 5.74) is 0. The monoisotopic (exact) mass is 297 g/mol. The third-order valence-electron chi connectivity index (χ3n) is 3.61. The molecule has 20 heavy (non-hydrogen) atoms. The van der Waals surface area contributed by atoms with Crippen LogP contribution in [0.5, 0.6) is 5.75 Å². The van der Waals surface area contributed by atoms with E-state index in [-0.39, 0.29) is 0 Å². The number of hydrogen-bond donors (Lipinski definition) is 1. The Morgan fingerprint density at radius 2 is 2.05 bits per heavy atom. The third-order valence-corrected chi connectivity index (χ3v) is 4.72. The van der Waals surface area contributed by atoms with E-state index in [0.29, 0.717) is 23.3 Å². The summed E-state index contributed by atoms with van der Waals surface area (Å²) in [7, 11) is -3.16. The Hall–Kier alpha value is -1.07. The molecule has 0 radical (unpaired) electrons. The van der Waals surface area contributed by atoms with Gasteiger partial charge in [-0.1, -0.05) is 18.9 Å². The van der Waals surface area contributed by atoms with Gasteiger partial charge >= 0.3 is 0 Å². The first-order chi connectivity index (χ1) is 9.55. The Balaban J connectivity index is 1.71. The minimum absolute atomic E-state index is 0.305. The van der Waals surface area contributed by atoms with Gasteiger partial charge in [-0.25, -0.2) is 8.42 Å². The number of benzene rings is 1. The second kappa shape index (κ2) is 7.09. The Labute approximate surface area is 121 Å². The molecular weight excluding hydrogens is 274 g/mol. The van der Waals surface area contributed by atoms with Crippen molar-refractivity contribution >= 4 is 9.84 Å². The van der Waals surface area contributed by atoms with Crippen LogP contribution in [0.4, 0.5) is 0 Å². The lowest BCUT2D eigenvalue weighted by Gasteiger charge is -2.12. The summed E-state index contributed by atoms with van der Waals surface area (Å²) in [5.74, 6) is 0.619. The van der Waals surface area contributed by atoms with Gasteiger partial charge in [0.05, 0.1) is 11.5 Å². The first kappa shape index (κ1) is 15.3. The molecule has 0 heterocycles. The van der Waals surface area contributed by atoms with E-state index in [4.69, 9.17) is 4.74 Å². The van der Waals surface area contributed by atoms with Crippen LogP contribution in [0.1, 0.15) is 32.1 Å². The molecule has 0 unspecified atom stereocenters. The van der Waals surface area contributed by atoms with Gasteiger partial charge in [0.15, 0.2) is 9.84 Å². The second-order valence-electron chi connectivity index (χ2n) is 5.38. The fourth-order valence-electron chi connectivity index (χ4n) is 2.49. The zero-order valence-electron chi connectivity index (χ0n) is 12.0. The quantitative estimate of drug-likeness (QED) is 0.785. The highest BCUT2D eigenvalue weighted by Gasteiger charge is 2.13. The van der Waals surface area contributed by atoms with Crippen molar-refractivity contribution in [1.29, 1.82) is 0 Å². The summed E-state index contributed by atoms with van der Waals surface area (Å²) < 4.78 is 28.5. The van der Waals surface area contributed by atoms with Gasteiger partial charge in [0.25, 0.3) is 0 Å². The highest BCUT2D eigenvalue weighted by molar-refractivity contribution is 7.90. The van der Waals surface area contributed by atoms with Gasteiger partial charge in [-0.15, -0.1) is 0 Å². The van der Waals surface area contributed by atoms with Crippen molar-refractivity contribution in [2.24, 2.45) is 0 Å². The molecule has 0 aliphatic heterocycles. The molecule has 112 valence electrons. The fraction of sp³-hybridized carbons (Fsp3) is 0.600. The molecule has 1 aliphatic rings. The van der Waals surface area contributed by atoms with Crippen LogP contribution in [-0.4, -0.2) is 33.9 Å². The van der Waals surface area contributed by atoms with Crippen LogP contribution in [0.15, 0.2) is 29.2 Å². The van der Waals surface area contributed by atoms with Crippen LogP contribution in [0.2, 0.25) is 0 Å². The normalized spacial score (nSPS) is 16.4. The highest BCUT2D eigenvalue weighted by Crippen LogP contribution is 2.18. The van der Waals surface area contributed by atoms with Gasteiger partial charge in [0, 0.05) is 12.3 Å². The van der Waals surface area contributed by atoms with Gasteiger partial charge < -0.3 is 10.1 Å². The predicted molar refractivity (Wildman–Crippen MR) is 79.9 cm³/mol. The van der Waals surface area contributed by atoms with Gasteiger partial charge in [-0.3, -0.25) is 0 Å². The van der Waals surface area contributed by atoms with Crippen LogP contribution in [0.25, 0.3) is 0 Å². The largest absolute Gasteiger partial charge is 0.494 e. The van der Waals surface area contributed by atoms with Crippen molar-refractivity contribution < 1.29 is 13.2 Å². The SMILES string of the molecule is CS(=O)(=O)c1cccc(OCCCNC2CCCC2)c1. The lowest BCUT2D eigenvalue weighted by molar-refractivity contribution is 0.304. The van der Waals surface area contributed by atoms with E-state index in [0.717, 1.165) is 13.0 Å². The van der Waals surface area contributed by atoms with E-state index in [1.165, 1.54) is 31.9 Å². The molecule has 0 amide bonds. The van der Waals surface area contributed by atoms with Crippen molar-refractivity contribution in [3.63, 3.8) is 0 Å². The maximum absolute atomic E-state index is 11.4. The predicted octanol–water partition coefficient (Wildman–Crippen LogP) is 2.39. The zero-order chi connectivity index (χ0) is 14.4. The average molecular weight is 297 g/mol. The standard InChI is InChI=1S/C15H23NO3S/c1-20(17,18)15-9-4-8-14(12-15)19-11-5-10-16-13-6-2-3-7-13/h4,8-9,12-13,16H,2-3,5-7,10-11H2,1H3. The Bertz CT molecular complexity index is 522. The highest BCUT2D eigenvalue weighted by atomic mass is 32.2. The summed E-state index contributed by atoms with van der Waals surface area (Å²) in [6.07, 6.45) is 7.39. The molecular formula is C15H23NO3S. The van der Waals surface area contributed by atoms with Crippen LogP contribution in [0.3, 0.4) is 0 Å². The zero-order valence-corrected chi connectivity index (χ0v) is 12.8. The van der Waals surface area contributed by atoms with E-state index < -0.39 is 9.84 Å². The topological polar surface area (TPSA) is 55.4 Å². The lowest BCUT2D eigenvalue weighted by atomic mass is 10.2. The third kappa shape index (κ3) is 4.80. The van der Waals surface area contributed by atoms with Crippen molar-refractivity contribution in [3.8, 4) is 5.75 Å². The molecule has 0 aromatic heterocycles. The lowest BCUT2D eigenvalue weighted by Crippen LogP contribution is -2.27. The second-order valence-corrected chi connectivity index (χ2v) is 7.40. The minimum Gasteiger partial charge on any atom is -0.494 e. The smallest absolute Gasteiger partial charge is 0.175 e. The van der Waals surface area contributed by atoms with Gasteiger partial charge in [-0.2, -0.15) is 0 Å². The number of ether oxygens (including phenoxy) is 1. The minimum atomic E-state index is -3.16. The van der Waals surface area contributed by atoms with Crippen molar-refractivity contribution in [3.05, 3.63) is 24.3 Å². The molecule has 1 aliphatic carbocycles. The number of nitrogens with one attached hydrogen (secondary N) is 1. The molecule has 4 nitrogen and oxygen atoms in total. The molecule has 1 aromatic carbocycles. The molecule has 0 spiro atoms. The maximum Gasteiger partial charge on any atom is 0.175 e. The van der Waals surface area contributed by atoms with E-state index in [1.807, 2.05) is 0 Å². The van der Waals surface area contributed by atoms with Crippen molar-refractivity contribution in [1.82, 2.24) is 5.32 Å². The van der Waals surface area contributed by atoms with E-state index in [9.17, 15) is 8.42 Å². The molecule has 1 aromatic rings. The van der Waals surface area contributed by atoms with Gasteiger partial charge in [0.1, 0.15) is 5.75 Å². The van der Waals surface area contributed by atoms with Gasteiger partial charge in [-0.05, 0) is 44.0 Å². The van der Waals surface area contributed by atoms with Crippen molar-refractivity contribution in [2.45, 2.75) is 43.0 Å². The first-order valence-corrected chi connectivity index (χ1v) is 9.11. The summed E-state index contributed by atoms with van der Waals surface area (Å²) in [5, 5.41) is 3.53. The molecule has 0 saturated heterocycles. The van der Waals surface area contributed by atoms with Gasteiger partial charge in [0.2, 0.25) is 0 Å². The molecule has 1 N–H and O–H groups in total. The van der Waals surface area contributed by atoms with Crippen LogP contribution >= 0.6 is 0 Å². The van der Waals surface area contributed by atoms with Crippen LogP contribution in [-0.2, 0) is 9.84 Å². The van der Waals surface area contributed by atoms with Crippen LogP contribution in [0, 0.1) is 0 Å². The summed E-state index contributed by atoms with van der Waals surface area (Å²) in [6.45, 7) is 1.56. The summed E-state index contributed by atoms with van der Waals surface area (Å²) in [6, 6.07) is 7.36. The Morgan fingerprint density at radius 3 is 2.75 bits per heavy atom. The van der Waals surface area contributed by atoms with Crippen molar-refractivity contribution in [2.75, 3.05) is 19.4 Å². The first-order valence-electron chi connectivity index (χ1n) is 7.22. The Morgan fingerprint density at radius 1 is 1.30 bits per heavy atom. The van der Waals surface area contributed by atoms with Crippen LogP contribution < -0.4 is 10.1 Å². The number of sulfone groups is 1. The molecule has 1 fully saturated rings. The van der Waals surface area contributed by atoms with E-state index in [2.05, 4.69) is 5.32 Å². The van der Waals surface area contributed by atoms with E-state index in [1.54, 1.807) is 24.3 Å². The average Bonchev–Trinajstić information content (AvgIpc) is 2.91. The molecule has 0 bridgehead atoms. The fourth-order valence-corrected chi connectivity index (χ4v) is 3.15. The number of hydrogen-bond acceptors (Lipinski definition) is 4. The summed E-state index contributed by atoms with van der Waals surface area (Å²) in [4.78, 5) is 0.305. The van der Waals surface area contributed by atoms with E-state index >= 15 is 0 Å². The molecule has 0 atom stereocenters. The maximum atomic E-state index is 11.4. The Kier molecular flexibility index (Phi) is 5.43.